The smallest absolute Gasteiger partial charge is 0.134 e. The van der Waals surface area contributed by atoms with Gasteiger partial charge in [-0.2, -0.15) is 0 Å². The molecule has 0 fully saturated rings. The van der Waals surface area contributed by atoms with Crippen LogP contribution < -0.4 is 0 Å². The van der Waals surface area contributed by atoms with Gasteiger partial charge in [0.05, 0.1) is 12.4 Å². The summed E-state index contributed by atoms with van der Waals surface area (Å²) in [6, 6.07) is 7.74. The molecule has 84 valence electrons. The Morgan fingerprint density at radius 3 is 2.94 bits per heavy atom. The topological polar surface area (TPSA) is 33.4 Å². The predicted molar refractivity (Wildman–Crippen MR) is 65.2 cm³/mol. The van der Waals surface area contributed by atoms with Crippen LogP contribution in [0.15, 0.2) is 47.1 Å². The van der Waals surface area contributed by atoms with Gasteiger partial charge in [0.15, 0.2) is 0 Å². The Balaban J connectivity index is 2.29. The second kappa shape index (κ2) is 4.54. The van der Waals surface area contributed by atoms with Crippen LogP contribution in [0.5, 0.6) is 0 Å². The normalized spacial score (nSPS) is 12.9. The number of aliphatic hydroxyl groups is 1. The van der Waals surface area contributed by atoms with E-state index >= 15 is 0 Å². The molecule has 0 amide bonds. The molecular weight excluding hydrogens is 200 g/mol. The quantitative estimate of drug-likeness (QED) is 0.788. The Kier molecular flexibility index (Phi) is 3.11. The number of para-hydroxylation sites is 1. The van der Waals surface area contributed by atoms with Gasteiger partial charge in [-0.05, 0) is 18.9 Å². The predicted octanol–water partition coefficient (Wildman–Crippen LogP) is 3.82. The van der Waals surface area contributed by atoms with E-state index in [0.29, 0.717) is 6.42 Å². The molecule has 0 saturated carbocycles. The molecular formula is C14H16O2. The van der Waals surface area contributed by atoms with Crippen molar-refractivity contribution in [3.8, 4) is 0 Å². The van der Waals surface area contributed by atoms with Gasteiger partial charge in [0.1, 0.15) is 5.58 Å². The maximum absolute atomic E-state index is 10.1. The summed E-state index contributed by atoms with van der Waals surface area (Å²) in [6.45, 7) is 5.96. The second-order valence-corrected chi connectivity index (χ2v) is 4.01. The van der Waals surface area contributed by atoms with E-state index in [1.54, 1.807) is 6.26 Å². The van der Waals surface area contributed by atoms with Crippen molar-refractivity contribution in [2.24, 2.45) is 0 Å². The molecule has 1 aromatic carbocycles. The fraction of sp³-hybridized carbons (Fsp3) is 0.286. The Morgan fingerprint density at radius 1 is 1.44 bits per heavy atom. The molecule has 2 rings (SSSR count). The van der Waals surface area contributed by atoms with Gasteiger partial charge in [-0.1, -0.05) is 37.3 Å². The average molecular weight is 216 g/mol. The van der Waals surface area contributed by atoms with E-state index < -0.39 is 6.10 Å². The Labute approximate surface area is 95.2 Å². The third-order valence-electron chi connectivity index (χ3n) is 2.85. The molecule has 0 spiro atoms. The minimum Gasteiger partial charge on any atom is -0.464 e. The second-order valence-electron chi connectivity index (χ2n) is 4.01. The zero-order chi connectivity index (χ0) is 11.5. The summed E-state index contributed by atoms with van der Waals surface area (Å²) in [5, 5.41) is 11.1. The van der Waals surface area contributed by atoms with Crippen molar-refractivity contribution in [3.63, 3.8) is 0 Å². The van der Waals surface area contributed by atoms with Crippen molar-refractivity contribution in [2.75, 3.05) is 0 Å². The highest BCUT2D eigenvalue weighted by molar-refractivity contribution is 5.81. The first-order chi connectivity index (χ1) is 7.72. The fourth-order valence-corrected chi connectivity index (χ4v) is 1.78. The summed E-state index contributed by atoms with van der Waals surface area (Å²) in [7, 11) is 0. The van der Waals surface area contributed by atoms with Crippen molar-refractivity contribution in [2.45, 2.75) is 25.9 Å². The van der Waals surface area contributed by atoms with E-state index in [1.165, 1.54) is 0 Å². The number of benzene rings is 1. The molecule has 0 radical (unpaired) electrons. The molecule has 2 aromatic rings. The average Bonchev–Trinajstić information content (AvgIpc) is 2.72. The van der Waals surface area contributed by atoms with Crippen LogP contribution in [0, 0.1) is 0 Å². The SMILES string of the molecule is C=C(CC)CC(O)c1coc2ccccc12. The van der Waals surface area contributed by atoms with Crippen LogP contribution in [0.3, 0.4) is 0 Å². The van der Waals surface area contributed by atoms with E-state index in [-0.39, 0.29) is 0 Å². The molecule has 1 atom stereocenters. The van der Waals surface area contributed by atoms with Gasteiger partial charge in [-0.25, -0.2) is 0 Å². The summed E-state index contributed by atoms with van der Waals surface area (Å²) in [5.41, 5.74) is 2.72. The van der Waals surface area contributed by atoms with Crippen LogP contribution in [0.4, 0.5) is 0 Å². The molecule has 0 aliphatic heterocycles. The number of furan rings is 1. The summed E-state index contributed by atoms with van der Waals surface area (Å²) in [5.74, 6) is 0. The van der Waals surface area contributed by atoms with Crippen LogP contribution in [0.1, 0.15) is 31.4 Å². The molecule has 16 heavy (non-hydrogen) atoms. The standard InChI is InChI=1S/C14H16O2/c1-3-10(2)8-13(15)12-9-16-14-7-5-4-6-11(12)14/h4-7,9,13,15H,2-3,8H2,1H3. The van der Waals surface area contributed by atoms with Crippen LogP contribution in [0.25, 0.3) is 11.0 Å². The van der Waals surface area contributed by atoms with E-state index in [4.69, 9.17) is 4.42 Å². The lowest BCUT2D eigenvalue weighted by atomic mass is 10.0. The van der Waals surface area contributed by atoms with Crippen molar-refractivity contribution in [1.29, 1.82) is 0 Å². The molecule has 1 aromatic heterocycles. The number of hydrogen-bond acceptors (Lipinski definition) is 2. The molecule has 0 aliphatic rings. The lowest BCUT2D eigenvalue weighted by molar-refractivity contribution is 0.178. The van der Waals surface area contributed by atoms with Crippen molar-refractivity contribution < 1.29 is 9.52 Å². The highest BCUT2D eigenvalue weighted by Crippen LogP contribution is 2.29. The van der Waals surface area contributed by atoms with Crippen LogP contribution in [-0.2, 0) is 0 Å². The van der Waals surface area contributed by atoms with E-state index in [2.05, 4.69) is 6.58 Å². The summed E-state index contributed by atoms with van der Waals surface area (Å²) >= 11 is 0. The lowest BCUT2D eigenvalue weighted by Gasteiger charge is -2.09. The summed E-state index contributed by atoms with van der Waals surface area (Å²) in [4.78, 5) is 0. The molecule has 1 heterocycles. The van der Waals surface area contributed by atoms with Gasteiger partial charge >= 0.3 is 0 Å². The first-order valence-electron chi connectivity index (χ1n) is 5.53. The Morgan fingerprint density at radius 2 is 2.19 bits per heavy atom. The first-order valence-corrected chi connectivity index (χ1v) is 5.53. The fourth-order valence-electron chi connectivity index (χ4n) is 1.78. The molecule has 0 saturated heterocycles. The van der Waals surface area contributed by atoms with Gasteiger partial charge in [-0.15, -0.1) is 0 Å². The van der Waals surface area contributed by atoms with Crippen LogP contribution in [-0.4, -0.2) is 5.11 Å². The third-order valence-corrected chi connectivity index (χ3v) is 2.85. The van der Waals surface area contributed by atoms with Gasteiger partial charge in [0.25, 0.3) is 0 Å². The number of hydrogen-bond donors (Lipinski definition) is 1. The monoisotopic (exact) mass is 216 g/mol. The lowest BCUT2D eigenvalue weighted by Crippen LogP contribution is -1.97. The van der Waals surface area contributed by atoms with E-state index in [0.717, 1.165) is 28.5 Å². The molecule has 0 bridgehead atoms. The first kappa shape index (κ1) is 11.0. The van der Waals surface area contributed by atoms with Crippen molar-refractivity contribution >= 4 is 11.0 Å². The van der Waals surface area contributed by atoms with Gasteiger partial charge < -0.3 is 9.52 Å². The van der Waals surface area contributed by atoms with E-state index in [1.807, 2.05) is 31.2 Å². The van der Waals surface area contributed by atoms with Crippen LogP contribution >= 0.6 is 0 Å². The minimum absolute atomic E-state index is 0.518. The number of aliphatic hydroxyl groups excluding tert-OH is 1. The molecule has 1 N–H and O–H groups in total. The van der Waals surface area contributed by atoms with Crippen molar-refractivity contribution in [3.05, 3.63) is 48.2 Å². The van der Waals surface area contributed by atoms with E-state index in [9.17, 15) is 5.11 Å². The van der Waals surface area contributed by atoms with Crippen LogP contribution in [0.2, 0.25) is 0 Å². The molecule has 2 nitrogen and oxygen atoms in total. The minimum atomic E-state index is -0.518. The molecule has 1 unspecified atom stereocenters. The number of fused-ring (bicyclic) bond motifs is 1. The largest absolute Gasteiger partial charge is 0.464 e. The molecule has 2 heteroatoms. The highest BCUT2D eigenvalue weighted by atomic mass is 16.3. The van der Waals surface area contributed by atoms with Gasteiger partial charge in [0.2, 0.25) is 0 Å². The highest BCUT2D eigenvalue weighted by Gasteiger charge is 2.14. The number of rotatable bonds is 4. The summed E-state index contributed by atoms with van der Waals surface area (Å²) < 4.78 is 5.40. The zero-order valence-corrected chi connectivity index (χ0v) is 9.44. The van der Waals surface area contributed by atoms with Gasteiger partial charge in [-0.3, -0.25) is 0 Å². The Bertz CT molecular complexity index is 496. The maximum Gasteiger partial charge on any atom is 0.134 e. The maximum atomic E-state index is 10.1. The van der Waals surface area contributed by atoms with Gasteiger partial charge in [0, 0.05) is 10.9 Å². The zero-order valence-electron chi connectivity index (χ0n) is 9.44. The third kappa shape index (κ3) is 2.02. The Hall–Kier alpha value is -1.54. The molecule has 0 aliphatic carbocycles. The summed E-state index contributed by atoms with van der Waals surface area (Å²) in [6.07, 6.45) is 2.61. The van der Waals surface area contributed by atoms with Crippen molar-refractivity contribution in [1.82, 2.24) is 0 Å².